The molecule has 3 heteroatoms. The van der Waals surface area contributed by atoms with Gasteiger partial charge in [-0.3, -0.25) is 0 Å². The number of benzene rings is 4. The Balaban J connectivity index is 0.000000160. The van der Waals surface area contributed by atoms with Crippen LogP contribution < -0.4 is 11.5 Å². The van der Waals surface area contributed by atoms with Crippen LogP contribution in [0.2, 0.25) is 0 Å². The predicted octanol–water partition coefficient (Wildman–Crippen LogP) is 4.02. The van der Waals surface area contributed by atoms with Crippen LogP contribution in [0.25, 0.3) is 21.5 Å². The largest absolute Gasteiger partial charge is 0.412 e. The van der Waals surface area contributed by atoms with E-state index in [1.54, 1.807) is 0 Å². The van der Waals surface area contributed by atoms with Crippen LogP contribution >= 0.6 is 0 Å². The van der Waals surface area contributed by atoms with Crippen molar-refractivity contribution in [2.24, 2.45) is 0 Å². The molecule has 0 aliphatic heterocycles. The van der Waals surface area contributed by atoms with Gasteiger partial charge in [0.05, 0.1) is 0 Å². The Kier molecular flexibility index (Phi) is 5.18. The molecule has 0 fully saturated rings. The first-order chi connectivity index (χ1) is 10.8. The highest BCUT2D eigenvalue weighted by Crippen LogP contribution is 2.20. The summed E-state index contributed by atoms with van der Waals surface area (Å²) in [4.78, 5) is 0. The first-order valence-corrected chi connectivity index (χ1v) is 7.22. The number of anilines is 2. The molecule has 4 aromatic rings. The molecule has 3 nitrogen and oxygen atoms in total. The fourth-order valence-corrected chi connectivity index (χ4v) is 2.50. The van der Waals surface area contributed by atoms with Crippen LogP contribution in [-0.4, -0.2) is 5.48 Å². The zero-order valence-electron chi connectivity index (χ0n) is 12.7. The fraction of sp³-hybridized carbons (Fsp3) is 0. The molecule has 0 heterocycles. The number of fused-ring (bicyclic) bond motifs is 2. The second-order valence-corrected chi connectivity index (χ2v) is 5.14. The molecule has 0 bridgehead atoms. The summed E-state index contributed by atoms with van der Waals surface area (Å²) in [6, 6.07) is 28.1. The molecule has 0 amide bonds. The molecule has 0 aliphatic carbocycles. The van der Waals surface area contributed by atoms with Gasteiger partial charge >= 0.3 is 0 Å². The Morgan fingerprint density at radius 2 is 0.783 bits per heavy atom. The minimum atomic E-state index is 0. The average molecular weight is 304 g/mol. The fourth-order valence-electron chi connectivity index (χ4n) is 2.50. The third-order valence-corrected chi connectivity index (χ3v) is 3.65. The Hall–Kier alpha value is -3.04. The van der Waals surface area contributed by atoms with Crippen molar-refractivity contribution in [1.29, 1.82) is 0 Å². The number of nitrogens with two attached hydrogens (primary N) is 2. The van der Waals surface area contributed by atoms with Crippen molar-refractivity contribution < 1.29 is 5.48 Å². The molecular formula is C20H20N2O. The molecule has 0 spiro atoms. The van der Waals surface area contributed by atoms with Gasteiger partial charge in [-0.15, -0.1) is 0 Å². The number of nitrogen functional groups attached to an aromatic ring is 2. The Bertz CT molecular complexity index is 831. The van der Waals surface area contributed by atoms with E-state index < -0.39 is 0 Å². The van der Waals surface area contributed by atoms with E-state index in [-0.39, 0.29) is 5.48 Å². The van der Waals surface area contributed by atoms with E-state index in [0.29, 0.717) is 0 Å². The van der Waals surface area contributed by atoms with Gasteiger partial charge in [-0.2, -0.15) is 0 Å². The molecule has 4 aromatic carbocycles. The third kappa shape index (κ3) is 3.59. The summed E-state index contributed by atoms with van der Waals surface area (Å²) in [5.41, 5.74) is 13.2. The monoisotopic (exact) mass is 304 g/mol. The number of hydrogen-bond acceptors (Lipinski definition) is 2. The second-order valence-electron chi connectivity index (χ2n) is 5.14. The van der Waals surface area contributed by atoms with Crippen LogP contribution in [0.1, 0.15) is 0 Å². The van der Waals surface area contributed by atoms with E-state index in [1.165, 1.54) is 10.8 Å². The highest BCUT2D eigenvalue weighted by molar-refractivity contribution is 5.93. The van der Waals surface area contributed by atoms with E-state index in [1.807, 2.05) is 60.7 Å². The Morgan fingerprint density at radius 3 is 1.17 bits per heavy atom. The maximum atomic E-state index is 5.76. The molecule has 4 rings (SSSR count). The first-order valence-electron chi connectivity index (χ1n) is 7.22. The van der Waals surface area contributed by atoms with Crippen molar-refractivity contribution in [3.63, 3.8) is 0 Å². The van der Waals surface area contributed by atoms with Crippen molar-refractivity contribution in [1.82, 2.24) is 0 Å². The van der Waals surface area contributed by atoms with Crippen LogP contribution in [0.3, 0.4) is 0 Å². The summed E-state index contributed by atoms with van der Waals surface area (Å²) < 4.78 is 0. The first kappa shape index (κ1) is 16.3. The van der Waals surface area contributed by atoms with Gasteiger partial charge in [0.15, 0.2) is 0 Å². The molecular weight excluding hydrogens is 284 g/mol. The standard InChI is InChI=1S/2C10H9N.H2O/c2*11-10-7-3-5-8-4-1-2-6-9(8)10;/h2*1-7H,11H2;1H2. The number of rotatable bonds is 0. The van der Waals surface area contributed by atoms with Crippen LogP contribution in [0.4, 0.5) is 11.4 Å². The summed E-state index contributed by atoms with van der Waals surface area (Å²) in [5.74, 6) is 0. The van der Waals surface area contributed by atoms with Crippen molar-refractivity contribution in [2.75, 3.05) is 11.5 Å². The van der Waals surface area contributed by atoms with E-state index in [0.717, 1.165) is 22.1 Å². The van der Waals surface area contributed by atoms with Crippen LogP contribution in [-0.2, 0) is 0 Å². The summed E-state index contributed by atoms with van der Waals surface area (Å²) in [6.45, 7) is 0. The van der Waals surface area contributed by atoms with Gasteiger partial charge in [0.1, 0.15) is 0 Å². The lowest BCUT2D eigenvalue weighted by Crippen LogP contribution is -1.84. The zero-order chi connectivity index (χ0) is 15.4. The molecule has 0 aliphatic rings. The van der Waals surface area contributed by atoms with Crippen LogP contribution in [0, 0.1) is 0 Å². The Labute approximate surface area is 135 Å². The van der Waals surface area contributed by atoms with Crippen LogP contribution in [0.15, 0.2) is 84.9 Å². The molecule has 116 valence electrons. The van der Waals surface area contributed by atoms with E-state index in [4.69, 9.17) is 11.5 Å². The van der Waals surface area contributed by atoms with Gasteiger partial charge in [0.25, 0.3) is 0 Å². The summed E-state index contributed by atoms with van der Waals surface area (Å²) in [6.07, 6.45) is 0. The zero-order valence-corrected chi connectivity index (χ0v) is 12.7. The van der Waals surface area contributed by atoms with Crippen molar-refractivity contribution in [2.45, 2.75) is 0 Å². The second kappa shape index (κ2) is 7.29. The molecule has 23 heavy (non-hydrogen) atoms. The topological polar surface area (TPSA) is 83.5 Å². The lowest BCUT2D eigenvalue weighted by atomic mass is 10.1. The average Bonchev–Trinajstić information content (AvgIpc) is 2.57. The van der Waals surface area contributed by atoms with Crippen molar-refractivity contribution >= 4 is 32.9 Å². The molecule has 0 unspecified atom stereocenters. The van der Waals surface area contributed by atoms with Gasteiger partial charge in [-0.1, -0.05) is 72.8 Å². The molecule has 0 aromatic heterocycles. The normalized spacial score (nSPS) is 9.74. The highest BCUT2D eigenvalue weighted by Gasteiger charge is 1.93. The summed E-state index contributed by atoms with van der Waals surface area (Å²) in [5, 5.41) is 4.67. The predicted molar refractivity (Wildman–Crippen MR) is 100 cm³/mol. The maximum Gasteiger partial charge on any atom is 0.0393 e. The molecule has 0 atom stereocenters. The van der Waals surface area contributed by atoms with Crippen molar-refractivity contribution in [3.05, 3.63) is 84.9 Å². The third-order valence-electron chi connectivity index (χ3n) is 3.65. The van der Waals surface area contributed by atoms with Crippen molar-refractivity contribution in [3.8, 4) is 0 Å². The lowest BCUT2D eigenvalue weighted by Gasteiger charge is -1.98. The van der Waals surface area contributed by atoms with E-state index in [2.05, 4.69) is 24.3 Å². The minimum Gasteiger partial charge on any atom is -0.412 e. The SMILES string of the molecule is Nc1cccc2ccccc12.Nc1cccc2ccccc12.O. The van der Waals surface area contributed by atoms with E-state index in [9.17, 15) is 0 Å². The quantitative estimate of drug-likeness (QED) is 0.481. The summed E-state index contributed by atoms with van der Waals surface area (Å²) in [7, 11) is 0. The lowest BCUT2D eigenvalue weighted by molar-refractivity contribution is 0.824. The maximum absolute atomic E-state index is 5.76. The summed E-state index contributed by atoms with van der Waals surface area (Å²) >= 11 is 0. The van der Waals surface area contributed by atoms with Gasteiger partial charge in [-0.05, 0) is 22.9 Å². The Morgan fingerprint density at radius 1 is 0.435 bits per heavy atom. The van der Waals surface area contributed by atoms with Gasteiger partial charge in [0.2, 0.25) is 0 Å². The molecule has 0 saturated carbocycles. The number of hydrogen-bond donors (Lipinski definition) is 2. The minimum absolute atomic E-state index is 0. The molecule has 0 radical (unpaired) electrons. The van der Waals surface area contributed by atoms with Gasteiger partial charge in [0, 0.05) is 22.1 Å². The molecule has 6 N–H and O–H groups in total. The van der Waals surface area contributed by atoms with Crippen LogP contribution in [0.5, 0.6) is 0 Å². The van der Waals surface area contributed by atoms with Gasteiger partial charge < -0.3 is 16.9 Å². The smallest absolute Gasteiger partial charge is 0.0393 e. The van der Waals surface area contributed by atoms with Gasteiger partial charge in [-0.25, -0.2) is 0 Å². The molecule has 0 saturated heterocycles. The van der Waals surface area contributed by atoms with E-state index >= 15 is 0 Å². The highest BCUT2D eigenvalue weighted by atomic mass is 16.0.